The molecule has 8 heteroatoms. The van der Waals surface area contributed by atoms with Gasteiger partial charge in [0.15, 0.2) is 0 Å². The third-order valence-electron chi connectivity index (χ3n) is 7.79. The molecule has 2 N–H and O–H groups in total. The van der Waals surface area contributed by atoms with Crippen molar-refractivity contribution in [1.82, 2.24) is 4.90 Å². The van der Waals surface area contributed by atoms with Crippen molar-refractivity contribution in [3.05, 3.63) is 88.5 Å². The fraction of sp³-hybridized carbons (Fsp3) is 0.424. The van der Waals surface area contributed by atoms with Crippen molar-refractivity contribution in [3.63, 3.8) is 0 Å². The molecule has 1 saturated heterocycles. The van der Waals surface area contributed by atoms with E-state index in [2.05, 4.69) is 48.4 Å². The van der Waals surface area contributed by atoms with Gasteiger partial charge in [0, 0.05) is 43.3 Å². The molecule has 1 aromatic carbocycles. The summed E-state index contributed by atoms with van der Waals surface area (Å²) in [6, 6.07) is 6.17. The highest BCUT2D eigenvalue weighted by Gasteiger charge is 2.31. The standard InChI is InChI=1S/C33H41ClN4O3/c1-5-25(12-11-24(4)34)32-28(8-6-7-9-31(39)40)35-29-21-26(13-14-27(29)36-32)33(41)38-18-16-37(17-19-38)30-15-10-22(2)20-23(30)3/h5,10-15,20-21,27,29,33,41H,4,6-9,16-19H2,1-3H3,(H,39,40)/b12-11-,25-5+. The monoisotopic (exact) mass is 576 g/mol. The molecule has 7 nitrogen and oxygen atoms in total. The van der Waals surface area contributed by atoms with Gasteiger partial charge in [-0.1, -0.05) is 66.3 Å². The summed E-state index contributed by atoms with van der Waals surface area (Å²) in [5, 5.41) is 20.8. The summed E-state index contributed by atoms with van der Waals surface area (Å²) in [5.74, 6) is -0.795. The lowest BCUT2D eigenvalue weighted by molar-refractivity contribution is -0.137. The summed E-state index contributed by atoms with van der Waals surface area (Å²) in [6.07, 6.45) is 12.9. The summed E-state index contributed by atoms with van der Waals surface area (Å²) in [4.78, 5) is 25.7. The minimum Gasteiger partial charge on any atom is -0.481 e. The highest BCUT2D eigenvalue weighted by molar-refractivity contribution is 6.49. The van der Waals surface area contributed by atoms with Crippen molar-refractivity contribution in [3.8, 4) is 0 Å². The number of aliphatic imine (C=N–C) groups is 2. The van der Waals surface area contributed by atoms with E-state index in [0.717, 1.165) is 48.7 Å². The lowest BCUT2D eigenvalue weighted by Gasteiger charge is -2.40. The van der Waals surface area contributed by atoms with Gasteiger partial charge in [0.2, 0.25) is 0 Å². The molecule has 4 rings (SSSR count). The zero-order valence-electron chi connectivity index (χ0n) is 24.3. The molecule has 2 aliphatic heterocycles. The van der Waals surface area contributed by atoms with Crippen LogP contribution in [0.1, 0.15) is 43.7 Å². The van der Waals surface area contributed by atoms with Crippen molar-refractivity contribution in [1.29, 1.82) is 0 Å². The van der Waals surface area contributed by atoms with E-state index < -0.39 is 12.2 Å². The summed E-state index contributed by atoms with van der Waals surface area (Å²) in [7, 11) is 0. The van der Waals surface area contributed by atoms with Gasteiger partial charge in [-0.15, -0.1) is 0 Å². The van der Waals surface area contributed by atoms with Crippen molar-refractivity contribution in [2.24, 2.45) is 9.98 Å². The second kappa shape index (κ2) is 14.1. The lowest BCUT2D eigenvalue weighted by Crippen LogP contribution is -2.51. The third-order valence-corrected chi connectivity index (χ3v) is 7.92. The number of rotatable bonds is 11. The van der Waals surface area contributed by atoms with E-state index in [0.29, 0.717) is 24.3 Å². The number of piperazine rings is 1. The van der Waals surface area contributed by atoms with Crippen LogP contribution in [-0.2, 0) is 4.79 Å². The number of unbranched alkanes of at least 4 members (excludes halogenated alkanes) is 1. The molecule has 2 heterocycles. The van der Waals surface area contributed by atoms with E-state index >= 15 is 0 Å². The van der Waals surface area contributed by atoms with E-state index in [1.54, 1.807) is 6.08 Å². The molecule has 218 valence electrons. The van der Waals surface area contributed by atoms with Crippen LogP contribution in [0.15, 0.2) is 87.4 Å². The molecule has 0 bridgehead atoms. The number of aliphatic hydroxyl groups is 1. The first-order valence-electron chi connectivity index (χ1n) is 14.4. The largest absolute Gasteiger partial charge is 0.481 e. The molecule has 3 aliphatic rings. The van der Waals surface area contributed by atoms with Gasteiger partial charge in [0.05, 0.1) is 23.5 Å². The van der Waals surface area contributed by atoms with Gasteiger partial charge in [0.25, 0.3) is 0 Å². The number of hydrogen-bond acceptors (Lipinski definition) is 6. The first kappa shape index (κ1) is 30.7. The number of fused-ring (bicyclic) bond motifs is 1. The summed E-state index contributed by atoms with van der Waals surface area (Å²) in [5.41, 5.74) is 7.17. The Morgan fingerprint density at radius 1 is 1.15 bits per heavy atom. The molecule has 1 fully saturated rings. The van der Waals surface area contributed by atoms with E-state index in [4.69, 9.17) is 26.7 Å². The van der Waals surface area contributed by atoms with Crippen LogP contribution in [-0.4, -0.2) is 77.0 Å². The molecule has 0 spiro atoms. The second-order valence-corrected chi connectivity index (χ2v) is 11.4. The number of hydrogen-bond donors (Lipinski definition) is 2. The van der Waals surface area contributed by atoms with E-state index in [1.165, 1.54) is 16.8 Å². The van der Waals surface area contributed by atoms with E-state index in [9.17, 15) is 9.90 Å². The Bertz CT molecular complexity index is 1330. The molecule has 1 aliphatic carbocycles. The molecule has 0 amide bonds. The van der Waals surface area contributed by atoms with Crippen LogP contribution in [0.25, 0.3) is 0 Å². The Kier molecular flexibility index (Phi) is 10.5. The number of benzene rings is 1. The lowest BCUT2D eigenvalue weighted by atomic mass is 9.92. The van der Waals surface area contributed by atoms with Crippen molar-refractivity contribution in [2.45, 2.75) is 64.8 Å². The van der Waals surface area contributed by atoms with Crippen LogP contribution in [0.3, 0.4) is 0 Å². The van der Waals surface area contributed by atoms with Crippen LogP contribution in [0, 0.1) is 13.8 Å². The summed E-state index contributed by atoms with van der Waals surface area (Å²) >= 11 is 5.97. The van der Waals surface area contributed by atoms with Gasteiger partial charge in [-0.05, 0) is 68.9 Å². The number of nitrogens with zero attached hydrogens (tertiary/aromatic N) is 4. The number of aryl methyl sites for hydroxylation is 2. The maximum atomic E-state index is 11.3. The normalized spacial score (nSPS) is 22.2. The first-order valence-corrected chi connectivity index (χ1v) is 14.7. The number of anilines is 1. The topological polar surface area (TPSA) is 88.7 Å². The molecule has 41 heavy (non-hydrogen) atoms. The van der Waals surface area contributed by atoms with Gasteiger partial charge in [0.1, 0.15) is 6.23 Å². The molecular weight excluding hydrogens is 536 g/mol. The summed E-state index contributed by atoms with van der Waals surface area (Å²) in [6.45, 7) is 13.2. The average Bonchev–Trinajstić information content (AvgIpc) is 2.95. The predicted molar refractivity (Wildman–Crippen MR) is 169 cm³/mol. The minimum absolute atomic E-state index is 0.129. The Hall–Kier alpha value is -3.26. The van der Waals surface area contributed by atoms with Crippen molar-refractivity contribution in [2.75, 3.05) is 31.1 Å². The number of allylic oxidation sites excluding steroid dienone is 5. The molecular formula is C33H41ClN4O3. The molecule has 3 unspecified atom stereocenters. The first-order chi connectivity index (χ1) is 19.7. The zero-order chi connectivity index (χ0) is 29.5. The van der Waals surface area contributed by atoms with Crippen LogP contribution in [0.5, 0.6) is 0 Å². The van der Waals surface area contributed by atoms with E-state index in [-0.39, 0.29) is 18.5 Å². The van der Waals surface area contributed by atoms with Gasteiger partial charge in [-0.2, -0.15) is 0 Å². The van der Waals surface area contributed by atoms with Gasteiger partial charge in [-0.25, -0.2) is 0 Å². The van der Waals surface area contributed by atoms with Crippen LogP contribution < -0.4 is 4.90 Å². The number of aliphatic hydroxyl groups excluding tert-OH is 1. The number of halogens is 1. The second-order valence-electron chi connectivity index (χ2n) is 10.9. The highest BCUT2D eigenvalue weighted by Crippen LogP contribution is 2.28. The minimum atomic E-state index is -0.795. The smallest absolute Gasteiger partial charge is 0.303 e. The fourth-order valence-corrected chi connectivity index (χ4v) is 5.67. The number of aliphatic carboxylic acids is 1. The third kappa shape index (κ3) is 7.94. The molecule has 1 aromatic rings. The Morgan fingerprint density at radius 3 is 2.56 bits per heavy atom. The van der Waals surface area contributed by atoms with Gasteiger partial charge in [-0.3, -0.25) is 19.7 Å². The predicted octanol–water partition coefficient (Wildman–Crippen LogP) is 5.77. The van der Waals surface area contributed by atoms with Crippen LogP contribution in [0.4, 0.5) is 5.69 Å². The number of carboxylic acid groups (broad SMARTS) is 1. The average molecular weight is 577 g/mol. The maximum Gasteiger partial charge on any atom is 0.303 e. The SMILES string of the molecule is C=C(Cl)/C=C\C(=C/C)C1=NC2C=CC(C(O)N3CCN(c4ccc(C)cc4C)CC3)=CC2N=C1CCCCC(=O)O. The number of carbonyl (C=O) groups is 1. The Morgan fingerprint density at radius 2 is 1.90 bits per heavy atom. The molecule has 0 saturated carbocycles. The Balaban J connectivity index is 1.48. The maximum absolute atomic E-state index is 11.3. The van der Waals surface area contributed by atoms with Gasteiger partial charge < -0.3 is 15.1 Å². The Labute approximate surface area is 248 Å². The summed E-state index contributed by atoms with van der Waals surface area (Å²) < 4.78 is 0. The van der Waals surface area contributed by atoms with Crippen molar-refractivity contribution < 1.29 is 15.0 Å². The van der Waals surface area contributed by atoms with Crippen LogP contribution in [0.2, 0.25) is 0 Å². The quantitative estimate of drug-likeness (QED) is 0.258. The molecule has 3 atom stereocenters. The molecule has 0 radical (unpaired) electrons. The molecule has 0 aromatic heterocycles. The zero-order valence-corrected chi connectivity index (χ0v) is 25.0. The van der Waals surface area contributed by atoms with Crippen molar-refractivity contribution >= 4 is 34.7 Å². The van der Waals surface area contributed by atoms with Crippen LogP contribution >= 0.6 is 11.6 Å². The fourth-order valence-electron chi connectivity index (χ4n) is 5.61. The number of carboxylic acids is 1. The van der Waals surface area contributed by atoms with E-state index in [1.807, 2.05) is 37.3 Å². The van der Waals surface area contributed by atoms with Gasteiger partial charge >= 0.3 is 5.97 Å². The highest BCUT2D eigenvalue weighted by atomic mass is 35.5.